The summed E-state index contributed by atoms with van der Waals surface area (Å²) in [5.41, 5.74) is 2.14. The van der Waals surface area contributed by atoms with E-state index in [0.717, 1.165) is 22.2 Å². The van der Waals surface area contributed by atoms with E-state index in [1.165, 1.54) is 17.5 Å². The molecule has 4 nitrogen and oxygen atoms in total. The predicted octanol–water partition coefficient (Wildman–Crippen LogP) is 4.56. The predicted molar refractivity (Wildman–Crippen MR) is 89.4 cm³/mol. The zero-order chi connectivity index (χ0) is 16.4. The lowest BCUT2D eigenvalue weighted by Crippen LogP contribution is -2.13. The van der Waals surface area contributed by atoms with Gasteiger partial charge in [-0.1, -0.05) is 47.2 Å². The van der Waals surface area contributed by atoms with Crippen molar-refractivity contribution in [3.63, 3.8) is 0 Å². The Balaban J connectivity index is 1.83. The number of halogens is 2. The first-order valence-corrected chi connectivity index (χ1v) is 7.88. The number of nitrogens with one attached hydrogen (secondary N) is 1. The Morgan fingerprint density at radius 3 is 2.83 bits per heavy atom. The number of rotatable bonds is 3. The molecule has 3 rings (SSSR count). The molecule has 0 aliphatic rings. The number of carbonyl (C=O) groups excluding carboxylic acids is 1. The quantitative estimate of drug-likeness (QED) is 0.755. The molecule has 0 unspecified atom stereocenters. The fraction of sp³-hybridized carbons (Fsp3) is 0.0625. The topological polar surface area (TPSA) is 54.9 Å². The first kappa shape index (κ1) is 15.6. The lowest BCUT2D eigenvalue weighted by Gasteiger charge is -2.04. The van der Waals surface area contributed by atoms with E-state index in [4.69, 9.17) is 11.6 Å². The zero-order valence-electron chi connectivity index (χ0n) is 12.0. The van der Waals surface area contributed by atoms with Crippen LogP contribution in [0.2, 0.25) is 5.02 Å². The van der Waals surface area contributed by atoms with Gasteiger partial charge >= 0.3 is 0 Å². The number of nitrogens with zero attached hydrogens (tertiary/aromatic N) is 2. The molecule has 0 aliphatic heterocycles. The van der Waals surface area contributed by atoms with Gasteiger partial charge in [-0.15, -0.1) is 0 Å². The third-order valence-corrected chi connectivity index (χ3v) is 4.55. The van der Waals surface area contributed by atoms with Gasteiger partial charge in [0.05, 0.1) is 21.7 Å². The second-order valence-electron chi connectivity index (χ2n) is 4.78. The fourth-order valence-corrected chi connectivity index (χ4v) is 3.13. The monoisotopic (exact) mass is 347 g/mol. The van der Waals surface area contributed by atoms with E-state index in [1.54, 1.807) is 6.20 Å². The largest absolute Gasteiger partial charge is 0.298 e. The molecule has 0 bridgehead atoms. The average Bonchev–Trinajstić information content (AvgIpc) is 2.98. The number of carbonyl (C=O) groups is 1. The standard InChI is InChI=1S/C16H11ClFN3OS/c1-9-4-2-3-5-10(9)13-8-20-16(23-13)21-15(22)11-6-19-7-12(18)14(11)17/h2-8H,1H3,(H,20,21,22). The van der Waals surface area contributed by atoms with Crippen molar-refractivity contribution in [2.75, 3.05) is 5.32 Å². The highest BCUT2D eigenvalue weighted by molar-refractivity contribution is 7.19. The van der Waals surface area contributed by atoms with Gasteiger partial charge in [0, 0.05) is 12.4 Å². The molecule has 0 atom stereocenters. The van der Waals surface area contributed by atoms with Gasteiger partial charge in [0.15, 0.2) is 10.9 Å². The SMILES string of the molecule is Cc1ccccc1-c1cnc(NC(=O)c2cncc(F)c2Cl)s1. The summed E-state index contributed by atoms with van der Waals surface area (Å²) in [4.78, 5) is 20.9. The van der Waals surface area contributed by atoms with Crippen molar-refractivity contribution in [2.24, 2.45) is 0 Å². The summed E-state index contributed by atoms with van der Waals surface area (Å²) in [5, 5.41) is 2.77. The van der Waals surface area contributed by atoms with Crippen LogP contribution in [0.25, 0.3) is 10.4 Å². The van der Waals surface area contributed by atoms with Crippen molar-refractivity contribution in [1.82, 2.24) is 9.97 Å². The van der Waals surface area contributed by atoms with Crippen molar-refractivity contribution >= 4 is 34.0 Å². The average molecular weight is 348 g/mol. The number of amides is 1. The highest BCUT2D eigenvalue weighted by atomic mass is 35.5. The second kappa shape index (κ2) is 6.44. The van der Waals surface area contributed by atoms with Crippen LogP contribution in [-0.4, -0.2) is 15.9 Å². The van der Waals surface area contributed by atoms with Gasteiger partial charge in [-0.2, -0.15) is 0 Å². The molecule has 0 saturated heterocycles. The molecule has 1 aromatic carbocycles. The van der Waals surface area contributed by atoms with Crippen LogP contribution in [0.1, 0.15) is 15.9 Å². The third kappa shape index (κ3) is 3.23. The summed E-state index contributed by atoms with van der Waals surface area (Å²) in [6.07, 6.45) is 3.86. The van der Waals surface area contributed by atoms with Crippen LogP contribution in [-0.2, 0) is 0 Å². The van der Waals surface area contributed by atoms with E-state index in [-0.39, 0.29) is 10.6 Å². The Hall–Kier alpha value is -2.31. The minimum atomic E-state index is -0.737. The number of hydrogen-bond acceptors (Lipinski definition) is 4. The van der Waals surface area contributed by atoms with Gasteiger partial charge in [-0.3, -0.25) is 15.1 Å². The van der Waals surface area contributed by atoms with Crippen LogP contribution in [0.3, 0.4) is 0 Å². The number of anilines is 1. The highest BCUT2D eigenvalue weighted by Crippen LogP contribution is 2.31. The van der Waals surface area contributed by atoms with Gasteiger partial charge in [-0.05, 0) is 18.1 Å². The van der Waals surface area contributed by atoms with E-state index < -0.39 is 11.7 Å². The van der Waals surface area contributed by atoms with Crippen molar-refractivity contribution in [2.45, 2.75) is 6.92 Å². The molecule has 1 amide bonds. The van der Waals surface area contributed by atoms with Crippen LogP contribution in [0.15, 0.2) is 42.9 Å². The molecule has 2 aromatic heterocycles. The molecular weight excluding hydrogens is 337 g/mol. The number of hydrogen-bond donors (Lipinski definition) is 1. The van der Waals surface area contributed by atoms with E-state index >= 15 is 0 Å². The Labute approximate surface area is 141 Å². The number of aromatic nitrogens is 2. The Kier molecular flexibility index (Phi) is 4.36. The van der Waals surface area contributed by atoms with E-state index in [0.29, 0.717) is 5.13 Å². The lowest BCUT2D eigenvalue weighted by atomic mass is 10.1. The smallest absolute Gasteiger partial charge is 0.260 e. The minimum Gasteiger partial charge on any atom is -0.298 e. The summed E-state index contributed by atoms with van der Waals surface area (Å²) in [6, 6.07) is 7.90. The Morgan fingerprint density at radius 1 is 1.26 bits per heavy atom. The molecule has 116 valence electrons. The molecule has 0 aliphatic carbocycles. The van der Waals surface area contributed by atoms with Crippen molar-refractivity contribution < 1.29 is 9.18 Å². The number of pyridine rings is 1. The molecule has 0 spiro atoms. The normalized spacial score (nSPS) is 10.6. The molecule has 1 N–H and O–H groups in total. The van der Waals surface area contributed by atoms with E-state index in [9.17, 15) is 9.18 Å². The highest BCUT2D eigenvalue weighted by Gasteiger charge is 2.16. The molecular formula is C16H11ClFN3OS. The number of benzene rings is 1. The van der Waals surface area contributed by atoms with Crippen molar-refractivity contribution in [1.29, 1.82) is 0 Å². The van der Waals surface area contributed by atoms with Crippen LogP contribution < -0.4 is 5.32 Å². The number of thiazole rings is 1. The molecule has 0 radical (unpaired) electrons. The summed E-state index contributed by atoms with van der Waals surface area (Å²) in [5.74, 6) is -1.29. The second-order valence-corrected chi connectivity index (χ2v) is 6.19. The summed E-state index contributed by atoms with van der Waals surface area (Å²) in [6.45, 7) is 2.01. The van der Waals surface area contributed by atoms with Crippen LogP contribution in [0.4, 0.5) is 9.52 Å². The van der Waals surface area contributed by atoms with E-state index in [1.807, 2.05) is 31.2 Å². The maximum Gasteiger partial charge on any atom is 0.260 e. The zero-order valence-corrected chi connectivity index (χ0v) is 13.6. The van der Waals surface area contributed by atoms with Gasteiger partial charge in [0.25, 0.3) is 5.91 Å². The first-order chi connectivity index (χ1) is 11.1. The molecule has 3 aromatic rings. The van der Waals surface area contributed by atoms with Crippen LogP contribution in [0, 0.1) is 12.7 Å². The summed E-state index contributed by atoms with van der Waals surface area (Å²) >= 11 is 7.12. The van der Waals surface area contributed by atoms with Crippen LogP contribution in [0.5, 0.6) is 0 Å². The summed E-state index contributed by atoms with van der Waals surface area (Å²) in [7, 11) is 0. The summed E-state index contributed by atoms with van der Waals surface area (Å²) < 4.78 is 13.4. The lowest BCUT2D eigenvalue weighted by molar-refractivity contribution is 0.102. The molecule has 2 heterocycles. The molecule has 23 heavy (non-hydrogen) atoms. The van der Waals surface area contributed by atoms with Crippen LogP contribution >= 0.6 is 22.9 Å². The van der Waals surface area contributed by atoms with Crippen molar-refractivity contribution in [3.05, 3.63) is 64.8 Å². The Bertz CT molecular complexity index is 881. The van der Waals surface area contributed by atoms with Gasteiger partial charge in [0.1, 0.15) is 0 Å². The fourth-order valence-electron chi connectivity index (χ4n) is 2.05. The first-order valence-electron chi connectivity index (χ1n) is 6.68. The Morgan fingerprint density at radius 2 is 2.04 bits per heavy atom. The van der Waals surface area contributed by atoms with Gasteiger partial charge in [-0.25, -0.2) is 9.37 Å². The number of aryl methyl sites for hydroxylation is 1. The molecule has 0 fully saturated rings. The van der Waals surface area contributed by atoms with Gasteiger partial charge < -0.3 is 0 Å². The molecule has 7 heteroatoms. The van der Waals surface area contributed by atoms with Crippen molar-refractivity contribution in [3.8, 4) is 10.4 Å². The maximum atomic E-state index is 13.4. The van der Waals surface area contributed by atoms with E-state index in [2.05, 4.69) is 15.3 Å². The minimum absolute atomic E-state index is 0.0284. The maximum absolute atomic E-state index is 13.4. The molecule has 0 saturated carbocycles. The van der Waals surface area contributed by atoms with Gasteiger partial charge in [0.2, 0.25) is 0 Å². The third-order valence-electron chi connectivity index (χ3n) is 3.22.